The number of thiophene rings is 1. The SMILES string of the molecule is CC(C)(C)[C@H](NC(=O)c1cc2cc(C(F)(F)P(=O)(O)O)ccc2s1)C(=O)N1Cc2cc(OCC(=O)NCCCCCCCCC#Cc3cccc4c3C(=O)N(C3CCC(=O)NC3=O)C4=O)ccc2C[C@H]1C(=O)N1CCOC(c2ccccc2)C1. The summed E-state index contributed by atoms with van der Waals surface area (Å²) >= 11 is 0.950. The summed E-state index contributed by atoms with van der Waals surface area (Å²) in [6, 6.07) is 20.7. The summed E-state index contributed by atoms with van der Waals surface area (Å²) < 4.78 is 53.4. The van der Waals surface area contributed by atoms with Crippen molar-refractivity contribution >= 4 is 76.3 Å². The number of imide groups is 2. The predicted octanol–water partition coefficient (Wildman–Crippen LogP) is 7.51. The number of hydrogen-bond acceptors (Lipinski definition) is 12. The van der Waals surface area contributed by atoms with E-state index in [0.717, 1.165) is 78.0 Å². The average Bonchev–Trinajstić information content (AvgIpc) is 2.27. The van der Waals surface area contributed by atoms with Crippen molar-refractivity contribution in [2.75, 3.05) is 32.8 Å². The summed E-state index contributed by atoms with van der Waals surface area (Å²) in [7, 11) is -5.86. The molecule has 0 saturated carbocycles. The molecule has 4 aliphatic rings. The second-order valence-electron chi connectivity index (χ2n) is 22.4. The zero-order valence-corrected chi connectivity index (χ0v) is 48.3. The first-order valence-electron chi connectivity index (χ1n) is 27.9. The van der Waals surface area contributed by atoms with Gasteiger partial charge in [-0.15, -0.1) is 11.3 Å². The van der Waals surface area contributed by atoms with Gasteiger partial charge in [0.15, 0.2) is 6.61 Å². The Morgan fingerprint density at radius 2 is 1.64 bits per heavy atom. The molecule has 9 rings (SSSR count). The van der Waals surface area contributed by atoms with Crippen LogP contribution in [0.3, 0.4) is 0 Å². The van der Waals surface area contributed by atoms with E-state index in [4.69, 9.17) is 9.47 Å². The summed E-state index contributed by atoms with van der Waals surface area (Å²) in [6.07, 6.45) is 5.66. The first kappa shape index (κ1) is 60.9. The lowest BCUT2D eigenvalue weighted by Crippen LogP contribution is -2.61. The Hall–Kier alpha value is -7.67. The molecule has 5 aromatic rings. The molecule has 0 bridgehead atoms. The molecule has 4 atom stereocenters. The van der Waals surface area contributed by atoms with Crippen LogP contribution in [0.1, 0.15) is 143 Å². The number of halogens is 2. The van der Waals surface area contributed by atoms with Crippen LogP contribution in [-0.2, 0) is 51.9 Å². The number of nitrogens with zero attached hydrogens (tertiary/aromatic N) is 3. The number of piperidine rings is 1. The number of carbonyl (C=O) groups is 8. The Kier molecular flexibility index (Phi) is 18.6. The molecule has 0 aliphatic carbocycles. The van der Waals surface area contributed by atoms with Gasteiger partial charge in [0.2, 0.25) is 23.6 Å². The molecule has 2 saturated heterocycles. The summed E-state index contributed by atoms with van der Waals surface area (Å²) in [5.74, 6) is 2.34. The van der Waals surface area contributed by atoms with Crippen molar-refractivity contribution in [2.24, 2.45) is 5.41 Å². The van der Waals surface area contributed by atoms with Gasteiger partial charge in [-0.1, -0.05) is 107 Å². The van der Waals surface area contributed by atoms with Gasteiger partial charge in [-0.3, -0.25) is 53.1 Å². The van der Waals surface area contributed by atoms with Crippen LogP contribution in [0.2, 0.25) is 0 Å². The maximum atomic E-state index is 15.2. The number of fused-ring (bicyclic) bond motifs is 3. The number of amides is 8. The zero-order valence-electron chi connectivity index (χ0n) is 46.6. The third-order valence-electron chi connectivity index (χ3n) is 15.4. The highest BCUT2D eigenvalue weighted by molar-refractivity contribution is 7.52. The normalized spacial score (nSPS) is 18.6. The fraction of sp³-hybridized carbons (Fsp3) is 0.410. The van der Waals surface area contributed by atoms with Gasteiger partial charge in [0.05, 0.1) is 29.2 Å². The monoisotopic (exact) mass is 1190 g/mol. The second-order valence-corrected chi connectivity index (χ2v) is 25.1. The van der Waals surface area contributed by atoms with Crippen LogP contribution in [0.5, 0.6) is 5.75 Å². The first-order chi connectivity index (χ1) is 40.0. The van der Waals surface area contributed by atoms with Gasteiger partial charge < -0.3 is 39.7 Å². The summed E-state index contributed by atoms with van der Waals surface area (Å²) in [4.78, 5) is 130. The number of benzene rings is 4. The molecule has 4 aliphatic heterocycles. The molecule has 2 unspecified atom stereocenters. The van der Waals surface area contributed by atoms with Crippen LogP contribution < -0.4 is 20.7 Å². The van der Waals surface area contributed by atoms with Crippen LogP contribution in [0.15, 0.2) is 91.0 Å². The summed E-state index contributed by atoms with van der Waals surface area (Å²) in [5.41, 5.74) is -3.20. The standard InChI is InChI=1S/C61H65F2N6O13PS/c1-60(2,3)53(66-55(73)49-33-40-30-42(22-25-48(40)84-49)61(62,63)83(78,79)80)59(77)68-34-41-31-43(23-21-39(41)32-46(68)57(75)67-28-29-81-47(35-67)37-16-12-10-13-17-37)82-36-51(71)64-27-14-9-7-5-4-6-8-11-18-38-19-15-20-44-52(38)58(76)69(56(44)74)45-24-26-50(70)65-54(45)72/h10,12-13,15-17,19-23,25,30-31,33,45-47,53H,4-9,14,24,26-29,32,34-36H2,1-3H3,(H,64,71)(H,66,73)(H,65,70,72)(H2,78,79,80)/t45?,46-,47?,53+/m0/s1. The van der Waals surface area contributed by atoms with Gasteiger partial charge in [0, 0.05) is 54.7 Å². The van der Waals surface area contributed by atoms with Crippen molar-refractivity contribution in [3.63, 3.8) is 0 Å². The minimum absolute atomic E-state index is 0.0331. The molecule has 84 heavy (non-hydrogen) atoms. The molecule has 442 valence electrons. The molecule has 23 heteroatoms. The molecule has 19 nitrogen and oxygen atoms in total. The Labute approximate surface area is 488 Å². The van der Waals surface area contributed by atoms with E-state index in [1.54, 1.807) is 49.9 Å². The molecular formula is C61H65F2N6O13PS. The highest BCUT2D eigenvalue weighted by Gasteiger charge is 2.51. The maximum Gasteiger partial charge on any atom is 0.399 e. The van der Waals surface area contributed by atoms with Gasteiger partial charge in [-0.2, -0.15) is 8.78 Å². The van der Waals surface area contributed by atoms with Gasteiger partial charge in [-0.25, -0.2) is 0 Å². The van der Waals surface area contributed by atoms with Crippen LogP contribution in [0.25, 0.3) is 10.1 Å². The Morgan fingerprint density at radius 1 is 0.893 bits per heavy atom. The van der Waals surface area contributed by atoms with Gasteiger partial charge in [-0.05, 0) is 89.2 Å². The van der Waals surface area contributed by atoms with E-state index in [0.29, 0.717) is 34.5 Å². The number of morpholine rings is 1. The fourth-order valence-corrected chi connectivity index (χ4v) is 12.2. The Bertz CT molecular complexity index is 3520. The first-order valence-corrected chi connectivity index (χ1v) is 30.3. The number of carbonyl (C=O) groups excluding carboxylic acids is 8. The average molecular weight is 1190 g/mol. The number of hydrogen-bond donors (Lipinski definition) is 5. The number of rotatable bonds is 19. The molecule has 1 aromatic heterocycles. The number of ether oxygens (including phenoxy) is 2. The molecule has 8 amide bonds. The van der Waals surface area contributed by atoms with Gasteiger partial charge in [0.1, 0.15) is 30.0 Å². The Balaban J connectivity index is 0.780. The topological polar surface area (TPSA) is 258 Å². The van der Waals surface area contributed by atoms with E-state index in [9.17, 15) is 56.7 Å². The van der Waals surface area contributed by atoms with Crippen LogP contribution in [-0.4, -0.2) is 123 Å². The number of nitrogens with one attached hydrogen (secondary N) is 3. The van der Waals surface area contributed by atoms with Crippen molar-refractivity contribution in [3.8, 4) is 17.6 Å². The molecule has 5 N–H and O–H groups in total. The predicted molar refractivity (Wildman–Crippen MR) is 305 cm³/mol. The van der Waals surface area contributed by atoms with Crippen molar-refractivity contribution < 1.29 is 71.0 Å². The van der Waals surface area contributed by atoms with E-state index in [1.165, 1.54) is 23.1 Å². The zero-order chi connectivity index (χ0) is 60.1. The van der Waals surface area contributed by atoms with Crippen molar-refractivity contribution in [2.45, 2.75) is 121 Å². The number of alkyl halides is 2. The summed E-state index contributed by atoms with van der Waals surface area (Å²) in [5, 5.41) is 8.10. The maximum absolute atomic E-state index is 15.2. The lowest BCUT2D eigenvalue weighted by molar-refractivity contribution is -0.153. The molecule has 5 heterocycles. The lowest BCUT2D eigenvalue weighted by atomic mass is 9.84. The van der Waals surface area contributed by atoms with E-state index >= 15 is 4.79 Å². The van der Waals surface area contributed by atoms with Crippen molar-refractivity contribution in [1.82, 2.24) is 30.7 Å². The third-order valence-corrected chi connectivity index (χ3v) is 17.5. The van der Waals surface area contributed by atoms with Crippen LogP contribution in [0, 0.1) is 17.3 Å². The number of unbranched alkanes of at least 4 members (excludes halogenated alkanes) is 6. The van der Waals surface area contributed by atoms with E-state index < -0.39 is 83.9 Å². The van der Waals surface area contributed by atoms with Crippen LogP contribution in [0.4, 0.5) is 8.78 Å². The van der Waals surface area contributed by atoms with Crippen molar-refractivity contribution in [1.29, 1.82) is 0 Å². The quantitative estimate of drug-likeness (QED) is 0.0233. The van der Waals surface area contributed by atoms with E-state index in [1.807, 2.05) is 36.4 Å². The van der Waals surface area contributed by atoms with Crippen LogP contribution >= 0.6 is 18.9 Å². The molecule has 2 fully saturated rings. The molecule has 0 spiro atoms. The third kappa shape index (κ3) is 13.6. The highest BCUT2D eigenvalue weighted by atomic mass is 32.1. The highest BCUT2D eigenvalue weighted by Crippen LogP contribution is 2.59. The molecule has 4 aromatic carbocycles. The largest absolute Gasteiger partial charge is 0.484 e. The fourth-order valence-electron chi connectivity index (χ4n) is 10.8. The Morgan fingerprint density at radius 3 is 2.38 bits per heavy atom. The minimum atomic E-state index is -5.86. The van der Waals surface area contributed by atoms with E-state index in [-0.39, 0.29) is 85.3 Å². The van der Waals surface area contributed by atoms with Gasteiger partial charge in [0.25, 0.3) is 23.6 Å². The summed E-state index contributed by atoms with van der Waals surface area (Å²) in [6.45, 7) is 6.18. The second kappa shape index (κ2) is 25.7. The smallest absolute Gasteiger partial charge is 0.399 e. The lowest BCUT2D eigenvalue weighted by Gasteiger charge is -2.43. The van der Waals surface area contributed by atoms with Gasteiger partial charge >= 0.3 is 13.3 Å². The molecular weight excluding hydrogens is 1130 g/mol. The van der Waals surface area contributed by atoms with Crippen molar-refractivity contribution in [3.05, 3.63) is 135 Å². The minimum Gasteiger partial charge on any atom is -0.484 e. The molecule has 0 radical (unpaired) electrons. The van der Waals surface area contributed by atoms with E-state index in [2.05, 4.69) is 27.8 Å².